The summed E-state index contributed by atoms with van der Waals surface area (Å²) in [4.78, 5) is 24.0. The van der Waals surface area contributed by atoms with Gasteiger partial charge in [-0.1, -0.05) is 27.2 Å². The van der Waals surface area contributed by atoms with E-state index in [9.17, 15) is 18.0 Å². The number of fused-ring (bicyclic) bond motifs is 3. The average Bonchev–Trinajstić information content (AvgIpc) is 2.83. The Kier molecular flexibility index (Phi) is 6.00. The minimum Gasteiger partial charge on any atom is -0.465 e. The molecule has 4 rings (SSSR count). The van der Waals surface area contributed by atoms with Crippen LogP contribution in [-0.4, -0.2) is 45.4 Å². The highest BCUT2D eigenvalue weighted by Gasteiger charge is 2.74. The predicted octanol–water partition coefficient (Wildman–Crippen LogP) is 4.24. The molecule has 8 heteroatoms. The predicted molar refractivity (Wildman–Crippen MR) is 123 cm³/mol. The van der Waals surface area contributed by atoms with Crippen molar-refractivity contribution >= 4 is 22.1 Å². The standard InChI is InChI=1S/C25H40O7S/c1-16(26)30-15-23(4)9-7-10-24(5)18-8-11-22(3)12-13-25(18,21(22)32-33(6,28)29)20(14-19(23)24)31-17(2)27/h18-21H,7-15H2,1-6H3/t18-,19+,20-,21-,22+,23+,24-,25+/m0/s1. The fourth-order valence-electron chi connectivity index (χ4n) is 8.87. The largest absolute Gasteiger partial charge is 0.465 e. The summed E-state index contributed by atoms with van der Waals surface area (Å²) in [5, 5.41) is 0. The van der Waals surface area contributed by atoms with Gasteiger partial charge in [-0.2, -0.15) is 8.42 Å². The summed E-state index contributed by atoms with van der Waals surface area (Å²) >= 11 is 0. The summed E-state index contributed by atoms with van der Waals surface area (Å²) < 4.78 is 42.3. The summed E-state index contributed by atoms with van der Waals surface area (Å²) in [5.74, 6) is -0.251. The SMILES string of the molecule is CC(=O)OC[C@@]1(C)CCC[C@]2(C)[C@@H]1C[C@H](OC(C)=O)[C@@]13CC[C@@](C)(CC[C@@H]21)[C@@H]3OS(C)(=O)=O. The summed E-state index contributed by atoms with van der Waals surface area (Å²) in [6, 6.07) is 0. The molecule has 8 atom stereocenters. The van der Waals surface area contributed by atoms with E-state index in [4.69, 9.17) is 13.7 Å². The first kappa shape index (κ1) is 25.0. The van der Waals surface area contributed by atoms with E-state index >= 15 is 0 Å². The first-order valence-corrected chi connectivity index (χ1v) is 14.2. The molecule has 4 saturated carbocycles. The molecule has 4 aliphatic rings. The number of hydrogen-bond acceptors (Lipinski definition) is 7. The minimum absolute atomic E-state index is 0.0748. The molecular weight excluding hydrogens is 444 g/mol. The van der Waals surface area contributed by atoms with E-state index in [0.717, 1.165) is 51.2 Å². The zero-order chi connectivity index (χ0) is 24.4. The van der Waals surface area contributed by atoms with Crippen LogP contribution in [0.5, 0.6) is 0 Å². The quantitative estimate of drug-likeness (QED) is 0.425. The van der Waals surface area contributed by atoms with Crippen molar-refractivity contribution in [3.63, 3.8) is 0 Å². The molecule has 0 heterocycles. The van der Waals surface area contributed by atoms with Gasteiger partial charge in [0.15, 0.2) is 0 Å². The van der Waals surface area contributed by atoms with Crippen molar-refractivity contribution in [2.75, 3.05) is 12.9 Å². The van der Waals surface area contributed by atoms with E-state index < -0.39 is 27.7 Å². The highest BCUT2D eigenvalue weighted by molar-refractivity contribution is 7.86. The molecule has 0 aromatic rings. The van der Waals surface area contributed by atoms with Crippen LogP contribution in [0.15, 0.2) is 0 Å². The lowest BCUT2D eigenvalue weighted by Gasteiger charge is -2.67. The Hall–Kier alpha value is -1.15. The maximum atomic E-state index is 12.4. The highest BCUT2D eigenvalue weighted by atomic mass is 32.2. The van der Waals surface area contributed by atoms with Gasteiger partial charge in [0.25, 0.3) is 10.1 Å². The van der Waals surface area contributed by atoms with Gasteiger partial charge in [-0.05, 0) is 67.6 Å². The first-order chi connectivity index (χ1) is 15.2. The van der Waals surface area contributed by atoms with Crippen molar-refractivity contribution < 1.29 is 31.7 Å². The Morgan fingerprint density at radius 2 is 1.64 bits per heavy atom. The van der Waals surface area contributed by atoms with E-state index in [1.54, 1.807) is 0 Å². The van der Waals surface area contributed by atoms with Gasteiger partial charge in [0.2, 0.25) is 0 Å². The van der Waals surface area contributed by atoms with Gasteiger partial charge in [-0.25, -0.2) is 0 Å². The lowest BCUT2D eigenvalue weighted by atomic mass is 9.39. The van der Waals surface area contributed by atoms with E-state index in [0.29, 0.717) is 13.0 Å². The van der Waals surface area contributed by atoms with Gasteiger partial charge in [-0.3, -0.25) is 13.8 Å². The van der Waals surface area contributed by atoms with Crippen LogP contribution in [0.25, 0.3) is 0 Å². The Morgan fingerprint density at radius 3 is 2.24 bits per heavy atom. The van der Waals surface area contributed by atoms with Crippen LogP contribution in [0.2, 0.25) is 0 Å². The van der Waals surface area contributed by atoms with Gasteiger partial charge < -0.3 is 9.47 Å². The molecule has 4 fully saturated rings. The molecule has 0 N–H and O–H groups in total. The van der Waals surface area contributed by atoms with Crippen molar-refractivity contribution in [2.24, 2.45) is 33.5 Å². The number of hydrogen-bond donors (Lipinski definition) is 0. The third-order valence-electron chi connectivity index (χ3n) is 10.0. The third kappa shape index (κ3) is 3.93. The van der Waals surface area contributed by atoms with E-state index in [1.165, 1.54) is 13.8 Å². The molecule has 0 saturated heterocycles. The summed E-state index contributed by atoms with van der Waals surface area (Å²) in [6.07, 6.45) is 7.41. The average molecular weight is 485 g/mol. The molecule has 4 aliphatic carbocycles. The number of carbonyl (C=O) groups excluding carboxylic acids is 2. The maximum absolute atomic E-state index is 12.4. The van der Waals surface area contributed by atoms with Crippen LogP contribution >= 0.6 is 0 Å². The first-order valence-electron chi connectivity index (χ1n) is 12.4. The second-order valence-corrected chi connectivity index (χ2v) is 13.8. The molecule has 1 spiro atoms. The van der Waals surface area contributed by atoms with Gasteiger partial charge in [0.05, 0.1) is 19.0 Å². The summed E-state index contributed by atoms with van der Waals surface area (Å²) in [6.45, 7) is 9.91. The smallest absolute Gasteiger partial charge is 0.302 e. The number of ether oxygens (including phenoxy) is 2. The molecule has 0 aliphatic heterocycles. The van der Waals surface area contributed by atoms with Gasteiger partial charge in [-0.15, -0.1) is 0 Å². The van der Waals surface area contributed by atoms with E-state index in [2.05, 4.69) is 20.8 Å². The lowest BCUT2D eigenvalue weighted by Crippen LogP contribution is -2.67. The van der Waals surface area contributed by atoms with Crippen LogP contribution < -0.4 is 0 Å². The molecular formula is C25H40O7S. The Labute approximate surface area is 198 Å². The Bertz CT molecular complexity index is 931. The van der Waals surface area contributed by atoms with Gasteiger partial charge in [0, 0.05) is 24.7 Å². The van der Waals surface area contributed by atoms with Crippen molar-refractivity contribution in [1.82, 2.24) is 0 Å². The zero-order valence-corrected chi connectivity index (χ0v) is 21.8. The van der Waals surface area contributed by atoms with E-state index in [1.807, 2.05) is 0 Å². The van der Waals surface area contributed by atoms with Crippen LogP contribution in [0.4, 0.5) is 0 Å². The van der Waals surface area contributed by atoms with Gasteiger partial charge in [0.1, 0.15) is 6.10 Å². The van der Waals surface area contributed by atoms with Crippen LogP contribution in [0, 0.1) is 33.5 Å². The van der Waals surface area contributed by atoms with E-state index in [-0.39, 0.29) is 40.0 Å². The maximum Gasteiger partial charge on any atom is 0.302 e. The monoisotopic (exact) mass is 484 g/mol. The Balaban J connectivity index is 1.82. The molecule has 0 aromatic heterocycles. The normalized spacial score (nSPS) is 46.7. The van der Waals surface area contributed by atoms with Gasteiger partial charge >= 0.3 is 11.9 Å². The molecule has 0 radical (unpaired) electrons. The topological polar surface area (TPSA) is 96.0 Å². The second kappa shape index (κ2) is 7.94. The molecule has 0 unspecified atom stereocenters. The fraction of sp³-hybridized carbons (Fsp3) is 0.920. The van der Waals surface area contributed by atoms with Crippen molar-refractivity contribution in [1.29, 1.82) is 0 Å². The van der Waals surface area contributed by atoms with Crippen LogP contribution in [0.3, 0.4) is 0 Å². The molecule has 33 heavy (non-hydrogen) atoms. The number of carbonyl (C=O) groups is 2. The van der Waals surface area contributed by atoms with Crippen molar-refractivity contribution in [3.8, 4) is 0 Å². The Morgan fingerprint density at radius 1 is 0.939 bits per heavy atom. The number of esters is 2. The zero-order valence-electron chi connectivity index (χ0n) is 20.9. The molecule has 0 aromatic carbocycles. The minimum atomic E-state index is -3.68. The summed E-state index contributed by atoms with van der Waals surface area (Å²) in [7, 11) is -3.68. The second-order valence-electron chi connectivity index (χ2n) is 12.2. The molecule has 0 amide bonds. The number of rotatable bonds is 5. The molecule has 2 bridgehead atoms. The summed E-state index contributed by atoms with van der Waals surface area (Å²) in [5.41, 5.74) is -1.07. The molecule has 7 nitrogen and oxygen atoms in total. The highest BCUT2D eigenvalue weighted by Crippen LogP contribution is 2.74. The lowest BCUT2D eigenvalue weighted by molar-refractivity contribution is -0.247. The fourth-order valence-corrected chi connectivity index (χ4v) is 9.63. The van der Waals surface area contributed by atoms with Crippen molar-refractivity contribution in [2.45, 2.75) is 98.2 Å². The van der Waals surface area contributed by atoms with Crippen LogP contribution in [0.1, 0.15) is 86.0 Å². The van der Waals surface area contributed by atoms with Crippen molar-refractivity contribution in [3.05, 3.63) is 0 Å². The molecule has 188 valence electrons. The third-order valence-corrected chi connectivity index (χ3v) is 10.6. The van der Waals surface area contributed by atoms with Crippen LogP contribution in [-0.2, 0) is 33.4 Å².